The molecule has 0 amide bonds. The minimum absolute atomic E-state index is 0.0305. The topological polar surface area (TPSA) is 41.1 Å². The summed E-state index contributed by atoms with van der Waals surface area (Å²) in [6, 6.07) is 7.48. The van der Waals surface area contributed by atoms with Crippen LogP contribution < -0.4 is 10.6 Å². The highest BCUT2D eigenvalue weighted by molar-refractivity contribution is 5.75. The molecule has 74 valence electrons. The van der Waals surface area contributed by atoms with Gasteiger partial charge in [0.05, 0.1) is 5.66 Å². The van der Waals surface area contributed by atoms with E-state index in [4.69, 9.17) is 0 Å². The van der Waals surface area contributed by atoms with Gasteiger partial charge in [0.1, 0.15) is 6.29 Å². The van der Waals surface area contributed by atoms with Crippen molar-refractivity contribution in [1.29, 1.82) is 0 Å². The second kappa shape index (κ2) is 3.42. The summed E-state index contributed by atoms with van der Waals surface area (Å²) in [4.78, 5) is 10.4. The quantitative estimate of drug-likeness (QED) is 0.712. The van der Waals surface area contributed by atoms with Crippen LogP contribution >= 0.6 is 0 Å². The Hall–Kier alpha value is -1.35. The van der Waals surface area contributed by atoms with Crippen LogP contribution in [0.15, 0.2) is 24.3 Å². The van der Waals surface area contributed by atoms with Crippen molar-refractivity contribution in [1.82, 2.24) is 5.32 Å². The van der Waals surface area contributed by atoms with Gasteiger partial charge in [-0.05, 0) is 37.6 Å². The molecule has 1 aliphatic rings. The molecule has 1 aromatic rings. The molecule has 0 radical (unpaired) electrons. The second-order valence-electron chi connectivity index (χ2n) is 3.87. The molecule has 0 saturated carbocycles. The molecule has 0 aromatic heterocycles. The van der Waals surface area contributed by atoms with Crippen molar-refractivity contribution in [3.63, 3.8) is 0 Å². The summed E-state index contributed by atoms with van der Waals surface area (Å²) in [5.41, 5.74) is 1.79. The summed E-state index contributed by atoms with van der Waals surface area (Å²) in [5.74, 6) is 0. The predicted octanol–water partition coefficient (Wildman–Crippen LogP) is 1.62. The van der Waals surface area contributed by atoms with Gasteiger partial charge in [-0.15, -0.1) is 0 Å². The van der Waals surface area contributed by atoms with E-state index in [2.05, 4.69) is 17.6 Å². The highest BCUT2D eigenvalue weighted by Crippen LogP contribution is 2.21. The van der Waals surface area contributed by atoms with Crippen molar-refractivity contribution in [3.05, 3.63) is 29.8 Å². The second-order valence-corrected chi connectivity index (χ2v) is 3.87. The number of carbonyl (C=O) groups is 1. The molecule has 0 unspecified atom stereocenters. The third-order valence-electron chi connectivity index (χ3n) is 2.61. The maximum atomic E-state index is 10.4. The molecule has 2 N–H and O–H groups in total. The third kappa shape index (κ3) is 1.77. The van der Waals surface area contributed by atoms with E-state index in [1.54, 1.807) is 0 Å². The zero-order valence-corrected chi connectivity index (χ0v) is 8.21. The van der Waals surface area contributed by atoms with Crippen molar-refractivity contribution in [2.45, 2.75) is 19.0 Å². The van der Waals surface area contributed by atoms with Gasteiger partial charge in [-0.25, -0.2) is 0 Å². The van der Waals surface area contributed by atoms with E-state index in [0.29, 0.717) is 5.56 Å². The number of rotatable bonds is 3. The van der Waals surface area contributed by atoms with Gasteiger partial charge in [-0.1, -0.05) is 0 Å². The first-order valence-electron chi connectivity index (χ1n) is 4.80. The van der Waals surface area contributed by atoms with E-state index in [0.717, 1.165) is 24.9 Å². The zero-order valence-electron chi connectivity index (χ0n) is 8.21. The van der Waals surface area contributed by atoms with E-state index in [1.165, 1.54) is 0 Å². The molecule has 0 bridgehead atoms. The van der Waals surface area contributed by atoms with Crippen LogP contribution in [0, 0.1) is 0 Å². The lowest BCUT2D eigenvalue weighted by molar-refractivity contribution is 0.112. The summed E-state index contributed by atoms with van der Waals surface area (Å²) in [6.45, 7) is 3.19. The molecule has 1 atom stereocenters. The number of aldehydes is 1. The molecular weight excluding hydrogens is 176 g/mol. The summed E-state index contributed by atoms with van der Waals surface area (Å²) >= 11 is 0. The van der Waals surface area contributed by atoms with Crippen LogP contribution in [0.4, 0.5) is 5.69 Å². The Morgan fingerprint density at radius 3 is 2.50 bits per heavy atom. The van der Waals surface area contributed by atoms with Crippen LogP contribution in [0.25, 0.3) is 0 Å². The lowest BCUT2D eigenvalue weighted by atomic mass is 10.0. The molecule has 3 heteroatoms. The van der Waals surface area contributed by atoms with Gasteiger partial charge in [0.2, 0.25) is 0 Å². The van der Waals surface area contributed by atoms with Gasteiger partial charge < -0.3 is 5.32 Å². The monoisotopic (exact) mass is 190 g/mol. The zero-order chi connectivity index (χ0) is 10.0. The molecule has 2 rings (SSSR count). The Labute approximate surface area is 83.5 Å². The van der Waals surface area contributed by atoms with Gasteiger partial charge in [-0.2, -0.15) is 0 Å². The molecule has 3 nitrogen and oxygen atoms in total. The summed E-state index contributed by atoms with van der Waals surface area (Å²) in [6.07, 6.45) is 1.98. The molecular formula is C11H14N2O. The Kier molecular flexibility index (Phi) is 2.25. The first kappa shape index (κ1) is 9.21. The van der Waals surface area contributed by atoms with E-state index in [9.17, 15) is 4.79 Å². The highest BCUT2D eigenvalue weighted by Gasteiger charge is 2.30. The van der Waals surface area contributed by atoms with Crippen molar-refractivity contribution in [2.75, 3.05) is 11.9 Å². The minimum atomic E-state index is 0.0305. The van der Waals surface area contributed by atoms with Crippen LogP contribution in [0.1, 0.15) is 23.7 Å². The summed E-state index contributed by atoms with van der Waals surface area (Å²) < 4.78 is 0. The maximum Gasteiger partial charge on any atom is 0.150 e. The van der Waals surface area contributed by atoms with E-state index < -0.39 is 0 Å². The van der Waals surface area contributed by atoms with Crippen LogP contribution in [0.2, 0.25) is 0 Å². The minimum Gasteiger partial charge on any atom is -0.367 e. The van der Waals surface area contributed by atoms with Gasteiger partial charge >= 0.3 is 0 Å². The van der Waals surface area contributed by atoms with Crippen molar-refractivity contribution in [2.24, 2.45) is 0 Å². The van der Waals surface area contributed by atoms with Crippen LogP contribution in [-0.2, 0) is 0 Å². The van der Waals surface area contributed by atoms with Crippen LogP contribution in [0.3, 0.4) is 0 Å². The molecule has 1 aromatic carbocycles. The molecule has 1 saturated heterocycles. The number of hydrogen-bond donors (Lipinski definition) is 2. The molecule has 1 aliphatic heterocycles. The van der Waals surface area contributed by atoms with E-state index in [-0.39, 0.29) is 5.66 Å². The number of nitrogens with one attached hydrogen (secondary N) is 2. The third-order valence-corrected chi connectivity index (χ3v) is 2.61. The smallest absolute Gasteiger partial charge is 0.150 e. The highest BCUT2D eigenvalue weighted by atomic mass is 16.1. The lowest BCUT2D eigenvalue weighted by Gasteiger charge is -2.41. The van der Waals surface area contributed by atoms with Gasteiger partial charge in [0, 0.05) is 17.8 Å². The number of carbonyl (C=O) groups excluding carboxylic acids is 1. The Balaban J connectivity index is 2.06. The standard InChI is InChI=1S/C11H14N2O/c1-11(6-7-12-11)13-10-4-2-9(8-14)3-5-10/h2-5,8,12-13H,6-7H2,1H3/t11-/m1/s1. The van der Waals surface area contributed by atoms with Crippen LogP contribution in [-0.4, -0.2) is 18.5 Å². The molecule has 0 spiro atoms. The average molecular weight is 190 g/mol. The van der Waals surface area contributed by atoms with E-state index in [1.807, 2.05) is 24.3 Å². The fraction of sp³-hybridized carbons (Fsp3) is 0.364. The van der Waals surface area contributed by atoms with Gasteiger partial charge in [0.25, 0.3) is 0 Å². The maximum absolute atomic E-state index is 10.4. The average Bonchev–Trinajstić information content (AvgIpc) is 2.17. The van der Waals surface area contributed by atoms with Crippen molar-refractivity contribution in [3.8, 4) is 0 Å². The Morgan fingerprint density at radius 2 is 2.07 bits per heavy atom. The first-order chi connectivity index (χ1) is 6.72. The summed E-state index contributed by atoms with van der Waals surface area (Å²) in [5, 5.41) is 6.70. The largest absolute Gasteiger partial charge is 0.367 e. The Bertz CT molecular complexity index is 328. The SMILES string of the molecule is C[C@@]1(Nc2ccc(C=O)cc2)CCN1. The lowest BCUT2D eigenvalue weighted by Crippen LogP contribution is -2.59. The summed E-state index contributed by atoms with van der Waals surface area (Å²) in [7, 11) is 0. The fourth-order valence-corrected chi connectivity index (χ4v) is 1.57. The first-order valence-corrected chi connectivity index (χ1v) is 4.80. The van der Waals surface area contributed by atoms with Gasteiger partial charge in [0.15, 0.2) is 0 Å². The predicted molar refractivity (Wildman–Crippen MR) is 56.5 cm³/mol. The molecule has 1 fully saturated rings. The Morgan fingerprint density at radius 1 is 1.43 bits per heavy atom. The normalized spacial score (nSPS) is 25.2. The van der Waals surface area contributed by atoms with Crippen molar-refractivity contribution < 1.29 is 4.79 Å². The van der Waals surface area contributed by atoms with Gasteiger partial charge in [-0.3, -0.25) is 10.1 Å². The molecule has 0 aliphatic carbocycles. The number of anilines is 1. The molecule has 1 heterocycles. The molecule has 14 heavy (non-hydrogen) atoms. The number of hydrogen-bond acceptors (Lipinski definition) is 3. The van der Waals surface area contributed by atoms with Crippen LogP contribution in [0.5, 0.6) is 0 Å². The fourth-order valence-electron chi connectivity index (χ4n) is 1.57. The van der Waals surface area contributed by atoms with Crippen molar-refractivity contribution >= 4 is 12.0 Å². The number of benzene rings is 1. The van der Waals surface area contributed by atoms with E-state index >= 15 is 0 Å².